The Morgan fingerprint density at radius 3 is 2.46 bits per heavy atom. The molecule has 4 rings (SSSR count). The van der Waals surface area contributed by atoms with Crippen LogP contribution in [0.25, 0.3) is 0 Å². The molecule has 2 aliphatic heterocycles. The molecule has 0 bridgehead atoms. The lowest BCUT2D eigenvalue weighted by Gasteiger charge is -2.29. The molecule has 2 aromatic rings. The summed E-state index contributed by atoms with van der Waals surface area (Å²) in [5.74, 6) is 2.13. The molecular formula is C21H20Cl4NO2+. The summed E-state index contributed by atoms with van der Waals surface area (Å²) in [6.45, 7) is 2.53. The third-order valence-electron chi connectivity index (χ3n) is 5.17. The van der Waals surface area contributed by atoms with Gasteiger partial charge >= 0.3 is 0 Å². The SMILES string of the molecule is Clc1ccc(OC/C=C2\Oc3c(Cl)cc(Cl)cc3[C@@H]2[NH+]2CCCCC2)c(Cl)c1. The lowest BCUT2D eigenvalue weighted by molar-refractivity contribution is -0.931. The summed E-state index contributed by atoms with van der Waals surface area (Å²) in [6, 6.07) is 8.94. The van der Waals surface area contributed by atoms with Crippen molar-refractivity contribution < 1.29 is 14.4 Å². The molecule has 0 saturated carbocycles. The second kappa shape index (κ2) is 8.73. The quantitative estimate of drug-likeness (QED) is 0.627. The maximum absolute atomic E-state index is 6.40. The Balaban J connectivity index is 1.59. The normalized spacial score (nSPS) is 20.9. The van der Waals surface area contributed by atoms with Crippen LogP contribution in [0.15, 0.2) is 42.2 Å². The zero-order valence-corrected chi connectivity index (χ0v) is 18.1. The van der Waals surface area contributed by atoms with Crippen molar-refractivity contribution in [1.29, 1.82) is 0 Å². The lowest BCUT2D eigenvalue weighted by atomic mass is 10.0. The minimum absolute atomic E-state index is 0.0794. The van der Waals surface area contributed by atoms with Crippen LogP contribution in [0.4, 0.5) is 0 Å². The standard InChI is InChI=1S/C21H19Cl4NO2/c22-13-4-5-18(16(24)11-13)27-9-6-19-20(26-7-2-1-3-8-26)15-10-14(23)12-17(25)21(15)28-19/h4-6,10-12,20H,1-3,7-9H2/p+1/b19-6-/t20-/m0/s1. The van der Waals surface area contributed by atoms with Gasteiger partial charge in [-0.2, -0.15) is 0 Å². The Labute approximate surface area is 184 Å². The third kappa shape index (κ3) is 4.24. The van der Waals surface area contributed by atoms with Crippen molar-refractivity contribution in [2.45, 2.75) is 25.3 Å². The first kappa shape index (κ1) is 20.2. The van der Waals surface area contributed by atoms with Gasteiger partial charge in [0.15, 0.2) is 17.6 Å². The molecular weight excluding hydrogens is 440 g/mol. The number of halogens is 4. The van der Waals surface area contributed by atoms with Crippen molar-refractivity contribution in [2.24, 2.45) is 0 Å². The van der Waals surface area contributed by atoms with Crippen LogP contribution in [0, 0.1) is 0 Å². The number of rotatable bonds is 4. The molecule has 2 aliphatic rings. The van der Waals surface area contributed by atoms with Gasteiger partial charge in [-0.1, -0.05) is 46.4 Å². The predicted molar refractivity (Wildman–Crippen MR) is 114 cm³/mol. The zero-order valence-electron chi connectivity index (χ0n) is 15.1. The minimum Gasteiger partial charge on any atom is -0.488 e. The maximum Gasteiger partial charge on any atom is 0.175 e. The summed E-state index contributed by atoms with van der Waals surface area (Å²) in [4.78, 5) is 1.47. The number of fused-ring (bicyclic) bond motifs is 1. The van der Waals surface area contributed by atoms with E-state index in [1.54, 1.807) is 24.3 Å². The molecule has 2 aromatic carbocycles. The van der Waals surface area contributed by atoms with Gasteiger partial charge in [0.25, 0.3) is 0 Å². The third-order valence-corrected chi connectivity index (χ3v) is 6.20. The lowest BCUT2D eigenvalue weighted by Crippen LogP contribution is -3.13. The number of likely N-dealkylation sites (tertiary alicyclic amines) is 1. The average molecular weight is 460 g/mol. The van der Waals surface area contributed by atoms with Crippen molar-refractivity contribution >= 4 is 46.4 Å². The van der Waals surface area contributed by atoms with Crippen molar-refractivity contribution in [1.82, 2.24) is 0 Å². The summed E-state index contributed by atoms with van der Waals surface area (Å²) in [6.07, 6.45) is 5.65. The summed E-state index contributed by atoms with van der Waals surface area (Å²) >= 11 is 24.8. The number of piperidine rings is 1. The summed E-state index contributed by atoms with van der Waals surface area (Å²) < 4.78 is 12.0. The first-order valence-electron chi connectivity index (χ1n) is 9.32. The number of quaternary nitrogens is 1. The number of nitrogens with one attached hydrogen (secondary N) is 1. The van der Waals surface area contributed by atoms with E-state index in [1.165, 1.54) is 24.2 Å². The van der Waals surface area contributed by atoms with Crippen LogP contribution in [0.2, 0.25) is 20.1 Å². The molecule has 0 aromatic heterocycles. The molecule has 0 spiro atoms. The van der Waals surface area contributed by atoms with Crippen molar-refractivity contribution in [3.63, 3.8) is 0 Å². The van der Waals surface area contributed by atoms with Crippen molar-refractivity contribution in [3.05, 3.63) is 67.8 Å². The molecule has 0 unspecified atom stereocenters. The fourth-order valence-electron chi connectivity index (χ4n) is 3.91. The van der Waals surface area contributed by atoms with Crippen LogP contribution >= 0.6 is 46.4 Å². The monoisotopic (exact) mass is 458 g/mol. The smallest absolute Gasteiger partial charge is 0.175 e. The second-order valence-corrected chi connectivity index (χ2v) is 8.74. The summed E-state index contributed by atoms with van der Waals surface area (Å²) in [5.41, 5.74) is 1.05. The maximum atomic E-state index is 6.40. The van der Waals surface area contributed by atoms with E-state index >= 15 is 0 Å². The van der Waals surface area contributed by atoms with Gasteiger partial charge in [0, 0.05) is 10.0 Å². The van der Waals surface area contributed by atoms with Gasteiger partial charge in [-0.3, -0.25) is 0 Å². The van der Waals surface area contributed by atoms with Gasteiger partial charge in [0.05, 0.1) is 28.7 Å². The van der Waals surface area contributed by atoms with Crippen LogP contribution in [0.1, 0.15) is 30.9 Å². The summed E-state index contributed by atoms with van der Waals surface area (Å²) in [5, 5.41) is 2.22. The van der Waals surface area contributed by atoms with Gasteiger partial charge < -0.3 is 14.4 Å². The Morgan fingerprint density at radius 2 is 1.71 bits per heavy atom. The van der Waals surface area contributed by atoms with Crippen molar-refractivity contribution in [2.75, 3.05) is 19.7 Å². The first-order valence-corrected chi connectivity index (χ1v) is 10.8. The van der Waals surface area contributed by atoms with E-state index in [2.05, 4.69) is 0 Å². The second-order valence-electron chi connectivity index (χ2n) is 7.05. The van der Waals surface area contributed by atoms with Crippen LogP contribution in [-0.2, 0) is 0 Å². The molecule has 1 N–H and O–H groups in total. The number of ether oxygens (including phenoxy) is 2. The molecule has 0 amide bonds. The molecule has 3 nitrogen and oxygen atoms in total. The summed E-state index contributed by atoms with van der Waals surface area (Å²) in [7, 11) is 0. The van der Waals surface area contributed by atoms with Crippen molar-refractivity contribution in [3.8, 4) is 11.5 Å². The van der Waals surface area contributed by atoms with Gasteiger partial charge in [0.1, 0.15) is 12.4 Å². The largest absolute Gasteiger partial charge is 0.488 e. The first-order chi connectivity index (χ1) is 13.5. The van der Waals surface area contributed by atoms with Crippen LogP contribution in [0.5, 0.6) is 11.5 Å². The molecule has 1 saturated heterocycles. The van der Waals surface area contributed by atoms with Crippen LogP contribution < -0.4 is 14.4 Å². The molecule has 1 atom stereocenters. The van der Waals surface area contributed by atoms with E-state index in [1.807, 2.05) is 12.1 Å². The molecule has 0 aliphatic carbocycles. The van der Waals surface area contributed by atoms with Crippen LogP contribution in [-0.4, -0.2) is 19.7 Å². The molecule has 1 fully saturated rings. The zero-order chi connectivity index (χ0) is 19.7. The fraction of sp³-hybridized carbons (Fsp3) is 0.333. The van der Waals surface area contributed by atoms with E-state index in [9.17, 15) is 0 Å². The highest BCUT2D eigenvalue weighted by Crippen LogP contribution is 2.44. The topological polar surface area (TPSA) is 22.9 Å². The number of hydrogen-bond donors (Lipinski definition) is 1. The van der Waals surface area contributed by atoms with E-state index in [0.717, 1.165) is 24.4 Å². The average Bonchev–Trinajstić information content (AvgIpc) is 3.03. The molecule has 7 heteroatoms. The molecule has 28 heavy (non-hydrogen) atoms. The highest BCUT2D eigenvalue weighted by atomic mass is 35.5. The van der Waals surface area contributed by atoms with Crippen LogP contribution in [0.3, 0.4) is 0 Å². The number of hydrogen-bond acceptors (Lipinski definition) is 2. The fourth-order valence-corrected chi connectivity index (χ4v) is 4.92. The molecule has 0 radical (unpaired) electrons. The van der Waals surface area contributed by atoms with E-state index in [0.29, 0.717) is 38.2 Å². The van der Waals surface area contributed by atoms with Gasteiger partial charge in [-0.05, 0) is 55.7 Å². The Kier molecular flexibility index (Phi) is 6.29. The van der Waals surface area contributed by atoms with Gasteiger partial charge in [0.2, 0.25) is 0 Å². The molecule has 2 heterocycles. The number of benzene rings is 2. The molecule has 148 valence electrons. The Bertz CT molecular complexity index is 910. The predicted octanol–water partition coefficient (Wildman–Crippen LogP) is 5.77. The Morgan fingerprint density at radius 1 is 0.964 bits per heavy atom. The van der Waals surface area contributed by atoms with E-state index in [-0.39, 0.29) is 6.04 Å². The van der Waals surface area contributed by atoms with E-state index < -0.39 is 0 Å². The Hall–Kier alpha value is -1.10. The highest BCUT2D eigenvalue weighted by Gasteiger charge is 2.40. The van der Waals surface area contributed by atoms with E-state index in [4.69, 9.17) is 55.9 Å². The van der Waals surface area contributed by atoms with Gasteiger partial charge in [-0.15, -0.1) is 0 Å². The van der Waals surface area contributed by atoms with Gasteiger partial charge in [-0.25, -0.2) is 0 Å². The minimum atomic E-state index is 0.0794. The highest BCUT2D eigenvalue weighted by molar-refractivity contribution is 6.36.